The molecule has 1 spiro atoms. The van der Waals surface area contributed by atoms with E-state index in [1.54, 1.807) is 10.7 Å². The number of piperidine rings is 1. The number of anilines is 1. The first-order valence-corrected chi connectivity index (χ1v) is 9.80. The normalized spacial score (nSPS) is 22.6. The van der Waals surface area contributed by atoms with Crippen molar-refractivity contribution in [3.8, 4) is 0 Å². The number of amides is 2. The molecule has 2 aromatic heterocycles. The van der Waals surface area contributed by atoms with Gasteiger partial charge in [0.15, 0.2) is 5.65 Å². The summed E-state index contributed by atoms with van der Waals surface area (Å²) in [6.45, 7) is 7.22. The topological polar surface area (TPSA) is 83.8 Å². The fourth-order valence-electron chi connectivity index (χ4n) is 4.18. The van der Waals surface area contributed by atoms with Crippen LogP contribution >= 0.6 is 0 Å². The van der Waals surface area contributed by atoms with E-state index in [-0.39, 0.29) is 17.7 Å². The highest BCUT2D eigenvalue weighted by Crippen LogP contribution is 2.39. The minimum atomic E-state index is -0.245. The Kier molecular flexibility index (Phi) is 5.01. The number of hydrogen-bond donors (Lipinski definition) is 2. The standard InChI is InChI=1S/C19H28N6O2/c1-14(2)24-10-7-19(8-11-24)6-5-15(27-19)12-20-18(26)22-16-4-3-9-25-13-21-23-17(16)25/h3-4,9,13-15H,5-8,10-12H2,1-2H3,(H2,20,22,26)/t15-/m0/s1. The number of pyridine rings is 1. The van der Waals surface area contributed by atoms with Gasteiger partial charge in [-0.05, 0) is 51.7 Å². The monoisotopic (exact) mass is 372 g/mol. The third-order valence-corrected chi connectivity index (χ3v) is 5.84. The zero-order valence-electron chi connectivity index (χ0n) is 16.0. The largest absolute Gasteiger partial charge is 0.370 e. The van der Waals surface area contributed by atoms with E-state index in [0.717, 1.165) is 38.8 Å². The Morgan fingerprint density at radius 2 is 2.19 bits per heavy atom. The smallest absolute Gasteiger partial charge is 0.319 e. The second kappa shape index (κ2) is 7.44. The fraction of sp³-hybridized carbons (Fsp3) is 0.632. The van der Waals surface area contributed by atoms with Gasteiger partial charge in [-0.2, -0.15) is 0 Å². The Morgan fingerprint density at radius 1 is 1.37 bits per heavy atom. The van der Waals surface area contributed by atoms with Gasteiger partial charge < -0.3 is 20.3 Å². The number of hydrogen-bond acceptors (Lipinski definition) is 5. The maximum atomic E-state index is 12.3. The fourth-order valence-corrected chi connectivity index (χ4v) is 4.18. The van der Waals surface area contributed by atoms with Gasteiger partial charge in [-0.1, -0.05) is 0 Å². The van der Waals surface area contributed by atoms with Crippen LogP contribution in [0.15, 0.2) is 24.7 Å². The average Bonchev–Trinajstić information content (AvgIpc) is 3.28. The van der Waals surface area contributed by atoms with Crippen molar-refractivity contribution < 1.29 is 9.53 Å². The first kappa shape index (κ1) is 18.2. The van der Waals surface area contributed by atoms with Gasteiger partial charge in [0.2, 0.25) is 0 Å². The van der Waals surface area contributed by atoms with E-state index >= 15 is 0 Å². The van der Waals surface area contributed by atoms with E-state index in [2.05, 4.69) is 39.6 Å². The lowest BCUT2D eigenvalue weighted by molar-refractivity contribution is -0.0786. The molecule has 27 heavy (non-hydrogen) atoms. The number of carbonyl (C=O) groups excluding carboxylic acids is 1. The quantitative estimate of drug-likeness (QED) is 0.860. The van der Waals surface area contributed by atoms with Gasteiger partial charge in [-0.15, -0.1) is 10.2 Å². The van der Waals surface area contributed by atoms with Crippen LogP contribution in [0.4, 0.5) is 10.5 Å². The van der Waals surface area contributed by atoms with Gasteiger partial charge in [0.1, 0.15) is 6.33 Å². The summed E-state index contributed by atoms with van der Waals surface area (Å²) in [6.07, 6.45) is 7.80. The minimum Gasteiger partial charge on any atom is -0.370 e. The molecular formula is C19H28N6O2. The van der Waals surface area contributed by atoms with E-state index < -0.39 is 0 Å². The molecule has 2 aliphatic heterocycles. The van der Waals surface area contributed by atoms with E-state index in [1.165, 1.54) is 0 Å². The van der Waals surface area contributed by atoms with Crippen molar-refractivity contribution in [2.75, 3.05) is 25.0 Å². The molecule has 4 rings (SSSR count). The predicted molar refractivity (Wildman–Crippen MR) is 103 cm³/mol. The molecule has 4 heterocycles. The van der Waals surface area contributed by atoms with Gasteiger partial charge >= 0.3 is 6.03 Å². The first-order valence-electron chi connectivity index (χ1n) is 9.80. The predicted octanol–water partition coefficient (Wildman–Crippen LogP) is 2.27. The minimum absolute atomic E-state index is 0.0152. The van der Waals surface area contributed by atoms with Crippen LogP contribution < -0.4 is 10.6 Å². The van der Waals surface area contributed by atoms with E-state index in [9.17, 15) is 4.79 Å². The van der Waals surface area contributed by atoms with Gasteiger partial charge in [-0.3, -0.25) is 4.40 Å². The van der Waals surface area contributed by atoms with Crippen molar-refractivity contribution >= 4 is 17.4 Å². The Hall–Kier alpha value is -2.19. The Bertz CT molecular complexity index is 796. The van der Waals surface area contributed by atoms with Crippen LogP contribution in [0, 0.1) is 0 Å². The molecule has 0 aromatic carbocycles. The second-order valence-electron chi connectivity index (χ2n) is 7.91. The molecule has 0 aliphatic carbocycles. The molecule has 0 bridgehead atoms. The Balaban J connectivity index is 1.26. The lowest BCUT2D eigenvalue weighted by atomic mass is 9.88. The van der Waals surface area contributed by atoms with Gasteiger partial charge in [-0.25, -0.2) is 4.79 Å². The molecule has 1 atom stereocenters. The maximum absolute atomic E-state index is 12.3. The van der Waals surface area contributed by atoms with Crippen molar-refractivity contribution in [3.05, 3.63) is 24.7 Å². The lowest BCUT2D eigenvalue weighted by Gasteiger charge is -2.40. The Labute approximate surface area is 159 Å². The number of likely N-dealkylation sites (tertiary alicyclic amines) is 1. The SMILES string of the molecule is CC(C)N1CCC2(CC[C@@H](CNC(=O)Nc3cccn4cnnc34)O2)CC1. The number of rotatable bonds is 4. The average molecular weight is 372 g/mol. The highest BCUT2D eigenvalue weighted by atomic mass is 16.5. The van der Waals surface area contributed by atoms with Crippen LogP contribution in [-0.4, -0.2) is 62.9 Å². The second-order valence-corrected chi connectivity index (χ2v) is 7.91. The van der Waals surface area contributed by atoms with Gasteiger partial charge in [0, 0.05) is 31.9 Å². The molecule has 2 amide bonds. The van der Waals surface area contributed by atoms with Crippen LogP contribution in [0.2, 0.25) is 0 Å². The molecule has 8 heteroatoms. The summed E-state index contributed by atoms with van der Waals surface area (Å²) in [5.74, 6) is 0. The van der Waals surface area contributed by atoms with E-state index in [4.69, 9.17) is 4.74 Å². The molecule has 0 saturated carbocycles. The highest BCUT2D eigenvalue weighted by Gasteiger charge is 2.42. The van der Waals surface area contributed by atoms with Crippen molar-refractivity contribution in [1.82, 2.24) is 24.8 Å². The number of urea groups is 1. The van der Waals surface area contributed by atoms with Gasteiger partial charge in [0.05, 0.1) is 17.4 Å². The van der Waals surface area contributed by atoms with Crippen LogP contribution in [0.5, 0.6) is 0 Å². The van der Waals surface area contributed by atoms with E-state index in [1.807, 2.05) is 18.3 Å². The summed E-state index contributed by atoms with van der Waals surface area (Å²) in [7, 11) is 0. The molecule has 0 unspecified atom stereocenters. The summed E-state index contributed by atoms with van der Waals surface area (Å²) < 4.78 is 8.15. The molecule has 2 aliphatic rings. The highest BCUT2D eigenvalue weighted by molar-refractivity contribution is 5.92. The summed E-state index contributed by atoms with van der Waals surface area (Å²) in [5, 5.41) is 13.7. The van der Waals surface area contributed by atoms with Crippen LogP contribution in [-0.2, 0) is 4.74 Å². The summed E-state index contributed by atoms with van der Waals surface area (Å²) in [4.78, 5) is 14.8. The number of ether oxygens (including phenoxy) is 1. The number of fused-ring (bicyclic) bond motifs is 1. The van der Waals surface area contributed by atoms with Gasteiger partial charge in [0.25, 0.3) is 0 Å². The zero-order chi connectivity index (χ0) is 18.9. The third-order valence-electron chi connectivity index (χ3n) is 5.84. The molecule has 2 fully saturated rings. The molecule has 2 aromatic rings. The molecule has 0 radical (unpaired) electrons. The first-order chi connectivity index (χ1) is 13.0. The van der Waals surface area contributed by atoms with Crippen molar-refractivity contribution in [2.45, 2.75) is 57.3 Å². The molecule has 2 N–H and O–H groups in total. The third kappa shape index (κ3) is 3.91. The van der Waals surface area contributed by atoms with Crippen molar-refractivity contribution in [1.29, 1.82) is 0 Å². The summed E-state index contributed by atoms with van der Waals surface area (Å²) in [6, 6.07) is 4.01. The maximum Gasteiger partial charge on any atom is 0.319 e. The summed E-state index contributed by atoms with van der Waals surface area (Å²) in [5.41, 5.74) is 1.28. The number of nitrogens with zero attached hydrogens (tertiary/aromatic N) is 4. The van der Waals surface area contributed by atoms with Crippen LogP contribution in [0.3, 0.4) is 0 Å². The van der Waals surface area contributed by atoms with Crippen LogP contribution in [0.25, 0.3) is 5.65 Å². The molecule has 2 saturated heterocycles. The van der Waals surface area contributed by atoms with E-state index in [0.29, 0.717) is 23.9 Å². The zero-order valence-corrected chi connectivity index (χ0v) is 16.0. The van der Waals surface area contributed by atoms with Crippen molar-refractivity contribution in [3.63, 3.8) is 0 Å². The number of aromatic nitrogens is 3. The lowest BCUT2D eigenvalue weighted by Crippen LogP contribution is -2.47. The Morgan fingerprint density at radius 3 is 2.96 bits per heavy atom. The van der Waals surface area contributed by atoms with Crippen molar-refractivity contribution in [2.24, 2.45) is 0 Å². The molecule has 146 valence electrons. The molecule has 8 nitrogen and oxygen atoms in total. The molecular weight excluding hydrogens is 344 g/mol. The summed E-state index contributed by atoms with van der Waals surface area (Å²) >= 11 is 0. The number of carbonyl (C=O) groups is 1. The van der Waals surface area contributed by atoms with Crippen LogP contribution in [0.1, 0.15) is 39.5 Å². The number of nitrogens with one attached hydrogen (secondary N) is 2.